The second-order valence-corrected chi connectivity index (χ2v) is 8.54. The molecule has 0 aromatic heterocycles. The third-order valence-corrected chi connectivity index (χ3v) is 7.07. The van der Waals surface area contributed by atoms with Gasteiger partial charge in [0.25, 0.3) is 0 Å². The van der Waals surface area contributed by atoms with E-state index in [1.54, 1.807) is 5.57 Å². The van der Waals surface area contributed by atoms with E-state index in [-0.39, 0.29) is 11.3 Å². The second kappa shape index (κ2) is 5.25. The minimum Gasteiger partial charge on any atom is -0.481 e. The van der Waals surface area contributed by atoms with Gasteiger partial charge in [0.05, 0.1) is 5.41 Å². The van der Waals surface area contributed by atoms with E-state index in [1.165, 1.54) is 24.8 Å². The Balaban J connectivity index is 2.00. The summed E-state index contributed by atoms with van der Waals surface area (Å²) < 4.78 is 0. The van der Waals surface area contributed by atoms with Crippen molar-refractivity contribution in [2.75, 3.05) is 0 Å². The highest BCUT2D eigenvalue weighted by Crippen LogP contribution is 2.62. The van der Waals surface area contributed by atoms with Gasteiger partial charge in [0, 0.05) is 0 Å². The highest BCUT2D eigenvalue weighted by atomic mass is 16.4. The lowest BCUT2D eigenvalue weighted by Gasteiger charge is -2.57. The van der Waals surface area contributed by atoms with E-state index < -0.39 is 11.4 Å². The van der Waals surface area contributed by atoms with Crippen molar-refractivity contribution in [2.24, 2.45) is 28.6 Å². The molecular formula is C20H30O2. The van der Waals surface area contributed by atoms with Crippen molar-refractivity contribution in [2.45, 2.75) is 66.2 Å². The third-order valence-electron chi connectivity index (χ3n) is 7.07. The summed E-state index contributed by atoms with van der Waals surface area (Å²) in [5.74, 6) is 0.888. The molecule has 0 aromatic carbocycles. The van der Waals surface area contributed by atoms with Crippen molar-refractivity contribution in [1.29, 1.82) is 0 Å². The van der Waals surface area contributed by atoms with E-state index in [2.05, 4.69) is 32.9 Å². The van der Waals surface area contributed by atoms with Crippen LogP contribution in [0.25, 0.3) is 0 Å². The molecule has 0 aromatic rings. The normalized spacial score (nSPS) is 41.3. The molecule has 3 aliphatic rings. The number of aliphatic carboxylic acids is 1. The van der Waals surface area contributed by atoms with Crippen LogP contribution in [0.5, 0.6) is 0 Å². The predicted octanol–water partition coefficient (Wildman–Crippen LogP) is 5.21. The first-order valence-corrected chi connectivity index (χ1v) is 8.93. The van der Waals surface area contributed by atoms with E-state index in [1.807, 2.05) is 6.92 Å². The lowest BCUT2D eigenvalue weighted by molar-refractivity contribution is -0.162. The maximum Gasteiger partial charge on any atom is 0.309 e. The van der Waals surface area contributed by atoms with Crippen LogP contribution in [-0.2, 0) is 4.79 Å². The average molecular weight is 302 g/mol. The monoisotopic (exact) mass is 302 g/mol. The van der Waals surface area contributed by atoms with Crippen molar-refractivity contribution in [3.05, 3.63) is 23.3 Å². The summed E-state index contributed by atoms with van der Waals surface area (Å²) in [6.07, 6.45) is 11.2. The smallest absolute Gasteiger partial charge is 0.309 e. The topological polar surface area (TPSA) is 37.3 Å². The number of carboxylic acids is 1. The summed E-state index contributed by atoms with van der Waals surface area (Å²) in [4.78, 5) is 11.9. The highest BCUT2D eigenvalue weighted by Gasteiger charge is 2.57. The summed E-state index contributed by atoms with van der Waals surface area (Å²) in [5, 5.41) is 9.83. The lowest BCUT2D eigenvalue weighted by atomic mass is 9.47. The fourth-order valence-electron chi connectivity index (χ4n) is 5.60. The van der Waals surface area contributed by atoms with Crippen molar-refractivity contribution < 1.29 is 9.90 Å². The first-order valence-electron chi connectivity index (χ1n) is 8.93. The quantitative estimate of drug-likeness (QED) is 0.760. The average Bonchev–Trinajstić information content (AvgIpc) is 2.46. The number of hydrogen-bond acceptors (Lipinski definition) is 1. The Morgan fingerprint density at radius 1 is 1.32 bits per heavy atom. The van der Waals surface area contributed by atoms with Crippen LogP contribution in [0.3, 0.4) is 0 Å². The Morgan fingerprint density at radius 2 is 2.05 bits per heavy atom. The van der Waals surface area contributed by atoms with E-state index in [4.69, 9.17) is 0 Å². The van der Waals surface area contributed by atoms with Crippen LogP contribution in [0, 0.1) is 28.6 Å². The fraction of sp³-hybridized carbons (Fsp3) is 0.750. The SMILES string of the molecule is CC(C)C1=CC2=CC[C@@H]3[C@](C)(CCC[C@@]3(C)C(=O)O)[C@@H]2CC1. The maximum atomic E-state index is 11.9. The molecule has 0 amide bonds. The van der Waals surface area contributed by atoms with Gasteiger partial charge in [-0.15, -0.1) is 0 Å². The summed E-state index contributed by atoms with van der Waals surface area (Å²) in [5.41, 5.74) is 2.69. The minimum atomic E-state index is -0.588. The van der Waals surface area contributed by atoms with Crippen LogP contribution in [0.15, 0.2) is 23.3 Å². The molecule has 1 N–H and O–H groups in total. The largest absolute Gasteiger partial charge is 0.481 e. The van der Waals surface area contributed by atoms with E-state index in [0.717, 1.165) is 19.3 Å². The van der Waals surface area contributed by atoms with Crippen LogP contribution < -0.4 is 0 Å². The van der Waals surface area contributed by atoms with Gasteiger partial charge in [-0.25, -0.2) is 0 Å². The molecule has 2 nitrogen and oxygen atoms in total. The molecule has 0 heterocycles. The van der Waals surface area contributed by atoms with Crippen LogP contribution in [0.4, 0.5) is 0 Å². The van der Waals surface area contributed by atoms with Crippen molar-refractivity contribution in [3.63, 3.8) is 0 Å². The second-order valence-electron chi connectivity index (χ2n) is 8.54. The van der Waals surface area contributed by atoms with Gasteiger partial charge in [-0.1, -0.05) is 44.9 Å². The predicted molar refractivity (Wildman–Crippen MR) is 89.5 cm³/mol. The van der Waals surface area contributed by atoms with Crippen LogP contribution in [-0.4, -0.2) is 11.1 Å². The number of carboxylic acid groups (broad SMARTS) is 1. The molecule has 0 unspecified atom stereocenters. The Morgan fingerprint density at radius 3 is 2.68 bits per heavy atom. The molecule has 1 fully saturated rings. The highest BCUT2D eigenvalue weighted by molar-refractivity contribution is 5.75. The van der Waals surface area contributed by atoms with Crippen molar-refractivity contribution in [1.82, 2.24) is 0 Å². The standard InChI is InChI=1S/C20H30O2/c1-13(2)14-6-8-16-15(12-14)7-9-17-19(16,3)10-5-11-20(17,4)18(21)22/h7,12-13,16-17H,5-6,8-11H2,1-4H3,(H,21,22)/t16-,17-,19-,20-/m1/s1. The number of fused-ring (bicyclic) bond motifs is 3. The van der Waals surface area contributed by atoms with Crippen molar-refractivity contribution >= 4 is 5.97 Å². The lowest BCUT2D eigenvalue weighted by Crippen LogP contribution is -2.53. The van der Waals surface area contributed by atoms with Gasteiger partial charge in [0.2, 0.25) is 0 Å². The molecule has 3 rings (SSSR count). The fourth-order valence-corrected chi connectivity index (χ4v) is 5.60. The molecule has 1 saturated carbocycles. The van der Waals surface area contributed by atoms with E-state index >= 15 is 0 Å². The molecule has 122 valence electrons. The Kier molecular flexibility index (Phi) is 3.78. The Labute approximate surface area is 134 Å². The van der Waals surface area contributed by atoms with Gasteiger partial charge in [0.1, 0.15) is 0 Å². The first kappa shape index (κ1) is 15.8. The zero-order valence-corrected chi connectivity index (χ0v) is 14.5. The maximum absolute atomic E-state index is 11.9. The summed E-state index contributed by atoms with van der Waals surface area (Å²) >= 11 is 0. The number of allylic oxidation sites excluding steroid dienone is 4. The van der Waals surface area contributed by atoms with Gasteiger partial charge in [-0.05, 0) is 67.8 Å². The number of carbonyl (C=O) groups is 1. The van der Waals surface area contributed by atoms with Gasteiger partial charge in [-0.3, -0.25) is 4.79 Å². The number of hydrogen-bond donors (Lipinski definition) is 1. The number of rotatable bonds is 2. The molecule has 0 spiro atoms. The van der Waals surface area contributed by atoms with E-state index in [9.17, 15) is 9.90 Å². The summed E-state index contributed by atoms with van der Waals surface area (Å²) in [6, 6.07) is 0. The first-order chi connectivity index (χ1) is 10.3. The Hall–Kier alpha value is -1.05. The van der Waals surface area contributed by atoms with Gasteiger partial charge in [0.15, 0.2) is 0 Å². The summed E-state index contributed by atoms with van der Waals surface area (Å²) in [7, 11) is 0. The molecular weight excluding hydrogens is 272 g/mol. The molecule has 3 aliphatic carbocycles. The van der Waals surface area contributed by atoms with Crippen LogP contribution in [0.1, 0.15) is 66.2 Å². The third kappa shape index (κ3) is 2.18. The van der Waals surface area contributed by atoms with E-state index in [0.29, 0.717) is 11.8 Å². The zero-order chi connectivity index (χ0) is 16.1. The zero-order valence-electron chi connectivity index (χ0n) is 14.5. The Bertz CT molecular complexity index is 542. The molecule has 0 radical (unpaired) electrons. The van der Waals surface area contributed by atoms with Gasteiger partial charge < -0.3 is 5.11 Å². The van der Waals surface area contributed by atoms with Gasteiger partial charge in [-0.2, -0.15) is 0 Å². The van der Waals surface area contributed by atoms with Crippen LogP contribution in [0.2, 0.25) is 0 Å². The molecule has 2 heteroatoms. The van der Waals surface area contributed by atoms with Crippen LogP contribution >= 0.6 is 0 Å². The molecule has 0 saturated heterocycles. The molecule has 0 bridgehead atoms. The van der Waals surface area contributed by atoms with Gasteiger partial charge >= 0.3 is 5.97 Å². The summed E-state index contributed by atoms with van der Waals surface area (Å²) in [6.45, 7) is 8.93. The molecule has 4 atom stereocenters. The molecule has 22 heavy (non-hydrogen) atoms. The van der Waals surface area contributed by atoms with Crippen molar-refractivity contribution in [3.8, 4) is 0 Å². The minimum absolute atomic E-state index is 0.161. The molecule has 0 aliphatic heterocycles.